The predicted molar refractivity (Wildman–Crippen MR) is 55.1 cm³/mol. The summed E-state index contributed by atoms with van der Waals surface area (Å²) in [6, 6.07) is 1.99. The maximum atomic E-state index is 4.37. The van der Waals surface area contributed by atoms with Crippen LogP contribution in [0.5, 0.6) is 0 Å². The van der Waals surface area contributed by atoms with E-state index in [4.69, 9.17) is 0 Å². The molecule has 3 nitrogen and oxygen atoms in total. The molecule has 0 aliphatic rings. The fraction of sp³-hybridized carbons (Fsp3) is 0.600. The van der Waals surface area contributed by atoms with Gasteiger partial charge in [-0.1, -0.05) is 6.92 Å². The molecule has 0 spiro atoms. The number of aryl methyl sites for hydroxylation is 2. The topological polar surface area (TPSA) is 29.0 Å². The first-order valence-electron chi connectivity index (χ1n) is 4.67. The van der Waals surface area contributed by atoms with Gasteiger partial charge in [0.2, 0.25) is 5.95 Å². The van der Waals surface area contributed by atoms with Crippen molar-refractivity contribution in [3.8, 4) is 0 Å². The zero-order valence-corrected chi connectivity index (χ0v) is 8.83. The summed E-state index contributed by atoms with van der Waals surface area (Å²) in [6.07, 6.45) is 1.12. The van der Waals surface area contributed by atoms with E-state index in [2.05, 4.69) is 21.8 Å². The van der Waals surface area contributed by atoms with Gasteiger partial charge in [-0.15, -0.1) is 0 Å². The largest absolute Gasteiger partial charge is 0.344 e. The van der Waals surface area contributed by atoms with Crippen LogP contribution in [0.1, 0.15) is 24.7 Å². The van der Waals surface area contributed by atoms with Crippen molar-refractivity contribution in [1.82, 2.24) is 9.97 Å². The molecular formula is C10H17N3. The molecule has 0 N–H and O–H groups in total. The van der Waals surface area contributed by atoms with Crippen molar-refractivity contribution in [2.45, 2.75) is 27.2 Å². The normalized spacial score (nSPS) is 10.2. The van der Waals surface area contributed by atoms with E-state index in [-0.39, 0.29) is 0 Å². The van der Waals surface area contributed by atoms with Crippen molar-refractivity contribution in [3.63, 3.8) is 0 Å². The highest BCUT2D eigenvalue weighted by molar-refractivity contribution is 5.30. The fourth-order valence-electron chi connectivity index (χ4n) is 1.31. The molecule has 0 fully saturated rings. The second-order valence-electron chi connectivity index (χ2n) is 3.37. The average Bonchev–Trinajstić information content (AvgIpc) is 2.03. The Bertz CT molecular complexity index is 263. The Labute approximate surface area is 79.8 Å². The van der Waals surface area contributed by atoms with Gasteiger partial charge in [0.15, 0.2) is 0 Å². The molecule has 0 saturated heterocycles. The predicted octanol–water partition coefficient (Wildman–Crippen LogP) is 1.94. The first-order valence-corrected chi connectivity index (χ1v) is 4.67. The van der Waals surface area contributed by atoms with Crippen LogP contribution in [-0.2, 0) is 0 Å². The highest BCUT2D eigenvalue weighted by atomic mass is 15.2. The van der Waals surface area contributed by atoms with E-state index in [1.807, 2.05) is 27.0 Å². The molecule has 0 unspecified atom stereocenters. The summed E-state index contributed by atoms with van der Waals surface area (Å²) in [5.74, 6) is 0.833. The van der Waals surface area contributed by atoms with Crippen molar-refractivity contribution in [2.24, 2.45) is 0 Å². The maximum Gasteiger partial charge on any atom is 0.225 e. The lowest BCUT2D eigenvalue weighted by molar-refractivity contribution is 0.810. The van der Waals surface area contributed by atoms with Gasteiger partial charge in [0.25, 0.3) is 0 Å². The Morgan fingerprint density at radius 2 is 1.77 bits per heavy atom. The van der Waals surface area contributed by atoms with Crippen molar-refractivity contribution < 1.29 is 0 Å². The molecule has 0 atom stereocenters. The summed E-state index contributed by atoms with van der Waals surface area (Å²) in [5, 5.41) is 0. The van der Waals surface area contributed by atoms with Crippen LogP contribution in [0.25, 0.3) is 0 Å². The minimum absolute atomic E-state index is 0.833. The molecular weight excluding hydrogens is 162 g/mol. The zero-order chi connectivity index (χ0) is 9.84. The van der Waals surface area contributed by atoms with Gasteiger partial charge in [0.1, 0.15) is 0 Å². The number of anilines is 1. The van der Waals surface area contributed by atoms with Crippen LogP contribution >= 0.6 is 0 Å². The quantitative estimate of drug-likeness (QED) is 0.710. The molecule has 0 aliphatic heterocycles. The number of aromatic nitrogens is 2. The highest BCUT2D eigenvalue weighted by Gasteiger charge is 2.03. The highest BCUT2D eigenvalue weighted by Crippen LogP contribution is 2.07. The van der Waals surface area contributed by atoms with Crippen LogP contribution in [-0.4, -0.2) is 23.6 Å². The summed E-state index contributed by atoms with van der Waals surface area (Å²) in [7, 11) is 2.03. The van der Waals surface area contributed by atoms with Crippen molar-refractivity contribution >= 4 is 5.95 Å². The second-order valence-corrected chi connectivity index (χ2v) is 3.37. The van der Waals surface area contributed by atoms with Crippen molar-refractivity contribution in [3.05, 3.63) is 17.5 Å². The molecule has 1 rings (SSSR count). The van der Waals surface area contributed by atoms with Crippen LogP contribution in [0.2, 0.25) is 0 Å². The minimum atomic E-state index is 0.833. The fourth-order valence-corrected chi connectivity index (χ4v) is 1.31. The molecule has 3 heteroatoms. The lowest BCUT2D eigenvalue weighted by Gasteiger charge is -2.16. The Hall–Kier alpha value is -1.12. The summed E-state index contributed by atoms with van der Waals surface area (Å²) < 4.78 is 0. The van der Waals surface area contributed by atoms with Gasteiger partial charge in [-0.3, -0.25) is 0 Å². The molecule has 13 heavy (non-hydrogen) atoms. The monoisotopic (exact) mass is 179 g/mol. The molecule has 0 saturated carbocycles. The molecule has 0 amide bonds. The van der Waals surface area contributed by atoms with E-state index < -0.39 is 0 Å². The lowest BCUT2D eigenvalue weighted by Crippen LogP contribution is -2.20. The van der Waals surface area contributed by atoms with Gasteiger partial charge >= 0.3 is 0 Å². The lowest BCUT2D eigenvalue weighted by atomic mass is 10.3. The third-order valence-corrected chi connectivity index (χ3v) is 1.87. The molecule has 72 valence electrons. The molecule has 0 aromatic carbocycles. The Balaban J connectivity index is 2.87. The molecule has 1 aromatic rings. The van der Waals surface area contributed by atoms with E-state index in [0.717, 1.165) is 30.3 Å². The molecule has 0 radical (unpaired) electrons. The number of hydrogen-bond donors (Lipinski definition) is 0. The van der Waals surface area contributed by atoms with Gasteiger partial charge in [-0.05, 0) is 26.3 Å². The van der Waals surface area contributed by atoms with Gasteiger partial charge in [-0.25, -0.2) is 9.97 Å². The minimum Gasteiger partial charge on any atom is -0.344 e. The summed E-state index contributed by atoms with van der Waals surface area (Å²) >= 11 is 0. The summed E-state index contributed by atoms with van der Waals surface area (Å²) in [4.78, 5) is 10.8. The van der Waals surface area contributed by atoms with Crippen LogP contribution in [0.3, 0.4) is 0 Å². The van der Waals surface area contributed by atoms with Crippen LogP contribution in [0.15, 0.2) is 6.07 Å². The van der Waals surface area contributed by atoms with E-state index in [1.165, 1.54) is 0 Å². The van der Waals surface area contributed by atoms with E-state index in [1.54, 1.807) is 0 Å². The third kappa shape index (κ3) is 2.68. The van der Waals surface area contributed by atoms with Gasteiger partial charge < -0.3 is 4.90 Å². The maximum absolute atomic E-state index is 4.37. The second kappa shape index (κ2) is 4.21. The standard InChI is InChI=1S/C10H17N3/c1-5-6-13(4)10-11-8(2)7-9(3)12-10/h7H,5-6H2,1-4H3. The smallest absolute Gasteiger partial charge is 0.225 e. The Morgan fingerprint density at radius 1 is 1.23 bits per heavy atom. The molecule has 1 heterocycles. The van der Waals surface area contributed by atoms with Crippen LogP contribution in [0, 0.1) is 13.8 Å². The first kappa shape index (κ1) is 9.96. The third-order valence-electron chi connectivity index (χ3n) is 1.87. The van der Waals surface area contributed by atoms with E-state index >= 15 is 0 Å². The van der Waals surface area contributed by atoms with Crippen molar-refractivity contribution in [1.29, 1.82) is 0 Å². The molecule has 0 aliphatic carbocycles. The van der Waals surface area contributed by atoms with Gasteiger partial charge in [0, 0.05) is 25.0 Å². The number of nitrogens with zero attached hydrogens (tertiary/aromatic N) is 3. The molecule has 1 aromatic heterocycles. The van der Waals surface area contributed by atoms with Gasteiger partial charge in [0.05, 0.1) is 0 Å². The first-order chi connectivity index (χ1) is 6.13. The number of hydrogen-bond acceptors (Lipinski definition) is 3. The molecule has 0 bridgehead atoms. The SMILES string of the molecule is CCCN(C)c1nc(C)cc(C)n1. The summed E-state index contributed by atoms with van der Waals surface area (Å²) in [5.41, 5.74) is 2.07. The average molecular weight is 179 g/mol. The van der Waals surface area contributed by atoms with E-state index in [9.17, 15) is 0 Å². The van der Waals surface area contributed by atoms with Gasteiger partial charge in [-0.2, -0.15) is 0 Å². The number of rotatable bonds is 3. The van der Waals surface area contributed by atoms with E-state index in [0.29, 0.717) is 0 Å². The van der Waals surface area contributed by atoms with Crippen LogP contribution < -0.4 is 4.90 Å². The summed E-state index contributed by atoms with van der Waals surface area (Å²) in [6.45, 7) is 7.15. The van der Waals surface area contributed by atoms with Crippen molar-refractivity contribution in [2.75, 3.05) is 18.5 Å². The van der Waals surface area contributed by atoms with Crippen LogP contribution in [0.4, 0.5) is 5.95 Å². The Morgan fingerprint density at radius 3 is 2.23 bits per heavy atom. The Kier molecular flexibility index (Phi) is 3.23. The zero-order valence-electron chi connectivity index (χ0n) is 8.83.